The van der Waals surface area contributed by atoms with Gasteiger partial charge in [-0.25, -0.2) is 0 Å². The van der Waals surface area contributed by atoms with Crippen molar-refractivity contribution in [2.45, 2.75) is 27.3 Å². The molecule has 1 aromatic carbocycles. The van der Waals surface area contributed by atoms with Crippen LogP contribution in [0.1, 0.15) is 22.3 Å². The van der Waals surface area contributed by atoms with E-state index in [1.54, 1.807) is 7.11 Å². The number of benzene rings is 1. The van der Waals surface area contributed by atoms with E-state index in [0.717, 1.165) is 11.3 Å². The fourth-order valence-electron chi connectivity index (χ4n) is 1.83. The standard InChI is InChI=1S/C12H19NO2/c1-8-5-11(6-13-7-14)9(2)10(3)12(8)15-4/h5,13-14H,6-7H2,1-4H3. The largest absolute Gasteiger partial charge is 0.496 e. The third-order valence-corrected chi connectivity index (χ3v) is 2.77. The Balaban J connectivity index is 3.10. The van der Waals surface area contributed by atoms with Gasteiger partial charge in [-0.1, -0.05) is 6.07 Å². The van der Waals surface area contributed by atoms with Crippen LogP contribution < -0.4 is 10.1 Å². The third kappa shape index (κ3) is 2.49. The van der Waals surface area contributed by atoms with Gasteiger partial charge >= 0.3 is 0 Å². The highest BCUT2D eigenvalue weighted by Gasteiger charge is 2.09. The molecule has 0 unspecified atom stereocenters. The second-order valence-electron chi connectivity index (χ2n) is 3.72. The molecule has 0 saturated heterocycles. The fraction of sp³-hybridized carbons (Fsp3) is 0.500. The first-order chi connectivity index (χ1) is 7.11. The van der Waals surface area contributed by atoms with Crippen molar-refractivity contribution in [3.63, 3.8) is 0 Å². The molecule has 2 N–H and O–H groups in total. The summed E-state index contributed by atoms with van der Waals surface area (Å²) in [6.07, 6.45) is 0. The van der Waals surface area contributed by atoms with Crippen LogP contribution >= 0.6 is 0 Å². The minimum absolute atomic E-state index is 0.00354. The van der Waals surface area contributed by atoms with Crippen molar-refractivity contribution >= 4 is 0 Å². The van der Waals surface area contributed by atoms with Crippen LogP contribution in [0.2, 0.25) is 0 Å². The molecule has 0 aliphatic carbocycles. The van der Waals surface area contributed by atoms with Gasteiger partial charge in [0.1, 0.15) is 5.75 Å². The van der Waals surface area contributed by atoms with Gasteiger partial charge in [-0.15, -0.1) is 0 Å². The first kappa shape index (κ1) is 12.0. The molecule has 0 atom stereocenters. The van der Waals surface area contributed by atoms with Crippen molar-refractivity contribution in [1.29, 1.82) is 0 Å². The monoisotopic (exact) mass is 209 g/mol. The summed E-state index contributed by atoms with van der Waals surface area (Å²) in [6.45, 7) is 6.86. The maximum atomic E-state index is 8.72. The van der Waals surface area contributed by atoms with E-state index in [4.69, 9.17) is 9.84 Å². The van der Waals surface area contributed by atoms with Crippen molar-refractivity contribution in [2.24, 2.45) is 0 Å². The summed E-state index contributed by atoms with van der Waals surface area (Å²) in [5.74, 6) is 0.959. The van der Waals surface area contributed by atoms with Crippen LogP contribution in [0, 0.1) is 20.8 Å². The zero-order valence-corrected chi connectivity index (χ0v) is 9.85. The van der Waals surface area contributed by atoms with Crippen LogP contribution in [0.15, 0.2) is 6.07 Å². The number of methoxy groups -OCH3 is 1. The molecule has 0 spiro atoms. The molecular formula is C12H19NO2. The molecule has 1 aromatic rings. The van der Waals surface area contributed by atoms with E-state index in [2.05, 4.69) is 25.2 Å². The summed E-state index contributed by atoms with van der Waals surface area (Å²) in [5.41, 5.74) is 4.74. The molecule has 0 aliphatic heterocycles. The number of rotatable bonds is 4. The highest BCUT2D eigenvalue weighted by molar-refractivity contribution is 5.48. The molecule has 0 saturated carbocycles. The molecular weight excluding hydrogens is 190 g/mol. The number of ether oxygens (including phenoxy) is 1. The Hall–Kier alpha value is -1.06. The van der Waals surface area contributed by atoms with Crippen LogP contribution in [-0.4, -0.2) is 18.9 Å². The lowest BCUT2D eigenvalue weighted by molar-refractivity contribution is 0.259. The van der Waals surface area contributed by atoms with Crippen LogP contribution in [-0.2, 0) is 6.54 Å². The summed E-state index contributed by atoms with van der Waals surface area (Å²) >= 11 is 0. The average Bonchev–Trinajstić information content (AvgIpc) is 2.22. The van der Waals surface area contributed by atoms with Gasteiger partial charge in [0.2, 0.25) is 0 Å². The second-order valence-corrected chi connectivity index (χ2v) is 3.72. The van der Waals surface area contributed by atoms with Gasteiger partial charge in [-0.05, 0) is 43.0 Å². The molecule has 15 heavy (non-hydrogen) atoms. The van der Waals surface area contributed by atoms with Gasteiger partial charge < -0.3 is 9.84 Å². The summed E-state index contributed by atoms with van der Waals surface area (Å²) < 4.78 is 5.35. The number of hydrogen-bond donors (Lipinski definition) is 2. The molecule has 0 heterocycles. The van der Waals surface area contributed by atoms with Gasteiger partial charge in [0.25, 0.3) is 0 Å². The number of aliphatic hydroxyl groups is 1. The summed E-state index contributed by atoms with van der Waals surface area (Å²) in [6, 6.07) is 2.10. The minimum atomic E-state index is 0.00354. The maximum absolute atomic E-state index is 8.72. The minimum Gasteiger partial charge on any atom is -0.496 e. The lowest BCUT2D eigenvalue weighted by atomic mass is 9.98. The van der Waals surface area contributed by atoms with E-state index < -0.39 is 0 Å². The van der Waals surface area contributed by atoms with Crippen LogP contribution in [0.5, 0.6) is 5.75 Å². The lowest BCUT2D eigenvalue weighted by Gasteiger charge is -2.15. The molecule has 84 valence electrons. The van der Waals surface area contributed by atoms with Crippen LogP contribution in [0.3, 0.4) is 0 Å². The molecule has 0 bridgehead atoms. The highest BCUT2D eigenvalue weighted by atomic mass is 16.5. The van der Waals surface area contributed by atoms with Gasteiger partial charge in [-0.3, -0.25) is 5.32 Å². The zero-order valence-electron chi connectivity index (χ0n) is 9.85. The van der Waals surface area contributed by atoms with Crippen molar-refractivity contribution in [1.82, 2.24) is 5.32 Å². The van der Waals surface area contributed by atoms with Gasteiger partial charge in [0.05, 0.1) is 13.8 Å². The molecule has 3 nitrogen and oxygen atoms in total. The Morgan fingerprint density at radius 1 is 1.27 bits per heavy atom. The Morgan fingerprint density at radius 2 is 1.93 bits per heavy atom. The van der Waals surface area contributed by atoms with Gasteiger partial charge in [0.15, 0.2) is 0 Å². The molecule has 0 aliphatic rings. The van der Waals surface area contributed by atoms with E-state index in [9.17, 15) is 0 Å². The Kier molecular flexibility index (Phi) is 4.12. The maximum Gasteiger partial charge on any atom is 0.124 e. The van der Waals surface area contributed by atoms with Crippen molar-refractivity contribution in [3.8, 4) is 5.75 Å². The molecule has 3 heteroatoms. The third-order valence-electron chi connectivity index (χ3n) is 2.77. The van der Waals surface area contributed by atoms with Gasteiger partial charge in [-0.2, -0.15) is 0 Å². The first-order valence-corrected chi connectivity index (χ1v) is 5.07. The van der Waals surface area contributed by atoms with Crippen molar-refractivity contribution in [2.75, 3.05) is 13.8 Å². The second kappa shape index (κ2) is 5.14. The quantitative estimate of drug-likeness (QED) is 0.741. The molecule has 0 amide bonds. The highest BCUT2D eigenvalue weighted by Crippen LogP contribution is 2.28. The Morgan fingerprint density at radius 3 is 2.47 bits per heavy atom. The normalized spacial score (nSPS) is 10.5. The number of aliphatic hydroxyl groups excluding tert-OH is 1. The Labute approximate surface area is 91.1 Å². The summed E-state index contributed by atoms with van der Waals surface area (Å²) in [5, 5.41) is 11.6. The number of hydrogen-bond acceptors (Lipinski definition) is 3. The number of nitrogens with one attached hydrogen (secondary N) is 1. The molecule has 0 aromatic heterocycles. The van der Waals surface area contributed by atoms with Crippen LogP contribution in [0.4, 0.5) is 0 Å². The predicted octanol–water partition coefficient (Wildman–Crippen LogP) is 1.66. The fourth-order valence-corrected chi connectivity index (χ4v) is 1.83. The summed E-state index contributed by atoms with van der Waals surface area (Å²) in [4.78, 5) is 0. The van der Waals surface area contributed by atoms with E-state index in [1.165, 1.54) is 16.7 Å². The SMILES string of the molecule is COc1c(C)cc(CNCO)c(C)c1C. The summed E-state index contributed by atoms with van der Waals surface area (Å²) in [7, 11) is 1.69. The molecule has 0 radical (unpaired) electrons. The van der Waals surface area contributed by atoms with E-state index >= 15 is 0 Å². The van der Waals surface area contributed by atoms with Crippen molar-refractivity contribution in [3.05, 3.63) is 28.3 Å². The predicted molar refractivity (Wildman–Crippen MR) is 61.1 cm³/mol. The molecule has 1 rings (SSSR count). The molecule has 0 fully saturated rings. The van der Waals surface area contributed by atoms with Crippen LogP contribution in [0.25, 0.3) is 0 Å². The van der Waals surface area contributed by atoms with Gasteiger partial charge in [0, 0.05) is 6.54 Å². The van der Waals surface area contributed by atoms with Crippen molar-refractivity contribution < 1.29 is 9.84 Å². The number of aryl methyl sites for hydroxylation is 1. The first-order valence-electron chi connectivity index (χ1n) is 5.07. The topological polar surface area (TPSA) is 41.5 Å². The smallest absolute Gasteiger partial charge is 0.124 e. The van der Waals surface area contributed by atoms with E-state index in [1.807, 2.05) is 6.92 Å². The average molecular weight is 209 g/mol. The van der Waals surface area contributed by atoms with E-state index in [-0.39, 0.29) is 6.73 Å². The van der Waals surface area contributed by atoms with E-state index in [0.29, 0.717) is 6.54 Å². The zero-order chi connectivity index (χ0) is 11.4. The lowest BCUT2D eigenvalue weighted by Crippen LogP contribution is -2.15. The Bertz CT molecular complexity index is 348.